The van der Waals surface area contributed by atoms with E-state index >= 15 is 0 Å². The molecular formula is C21H19N3O5. The van der Waals surface area contributed by atoms with Crippen LogP contribution in [0.15, 0.2) is 66.0 Å². The Bertz CT molecular complexity index is 1040. The van der Waals surface area contributed by atoms with Crippen LogP contribution in [0, 0.1) is 0 Å². The molecule has 8 nitrogen and oxygen atoms in total. The molecule has 0 saturated carbocycles. The molecular weight excluding hydrogens is 374 g/mol. The quantitative estimate of drug-likeness (QED) is 0.750. The van der Waals surface area contributed by atoms with Crippen molar-refractivity contribution in [1.82, 2.24) is 14.9 Å². The highest BCUT2D eigenvalue weighted by Gasteiger charge is 2.40. The number of nitrogens with zero attached hydrogens (tertiary/aromatic N) is 2. The van der Waals surface area contributed by atoms with Crippen molar-refractivity contribution in [3.63, 3.8) is 0 Å². The molecule has 0 bridgehead atoms. The monoisotopic (exact) mass is 393 g/mol. The Hall–Kier alpha value is -3.52. The second-order valence-corrected chi connectivity index (χ2v) is 6.64. The van der Waals surface area contributed by atoms with Crippen molar-refractivity contribution < 1.29 is 23.9 Å². The van der Waals surface area contributed by atoms with E-state index < -0.39 is 12.2 Å². The first-order valence-electron chi connectivity index (χ1n) is 9.18. The first-order valence-corrected chi connectivity index (χ1v) is 9.18. The molecule has 0 radical (unpaired) electrons. The summed E-state index contributed by atoms with van der Waals surface area (Å²) in [4.78, 5) is 42.3. The summed E-state index contributed by atoms with van der Waals surface area (Å²) >= 11 is 0. The number of allylic oxidation sites excluding steroid dienone is 2. The van der Waals surface area contributed by atoms with E-state index in [1.54, 1.807) is 36.8 Å². The van der Waals surface area contributed by atoms with E-state index in [9.17, 15) is 14.4 Å². The number of benzene rings is 1. The van der Waals surface area contributed by atoms with Crippen molar-refractivity contribution in [3.05, 3.63) is 77.1 Å². The molecule has 0 fully saturated rings. The number of amides is 1. The molecule has 1 atom stereocenters. The second-order valence-electron chi connectivity index (χ2n) is 6.64. The van der Waals surface area contributed by atoms with Gasteiger partial charge in [-0.25, -0.2) is 4.98 Å². The molecule has 0 saturated heterocycles. The molecule has 1 aliphatic heterocycles. The van der Waals surface area contributed by atoms with Crippen molar-refractivity contribution in [1.29, 1.82) is 0 Å². The molecule has 1 aromatic carbocycles. The molecule has 2 aromatic rings. The molecule has 2 heterocycles. The zero-order valence-corrected chi connectivity index (χ0v) is 15.8. The lowest BCUT2D eigenvalue weighted by Crippen LogP contribution is -2.37. The number of hydrogen-bond acceptors (Lipinski definition) is 6. The molecule has 2 aliphatic rings. The molecule has 4 rings (SSSR count). The van der Waals surface area contributed by atoms with Gasteiger partial charge in [-0.2, -0.15) is 0 Å². The topological polar surface area (TPSA) is 99.5 Å². The van der Waals surface area contributed by atoms with Crippen LogP contribution in [0.2, 0.25) is 0 Å². The van der Waals surface area contributed by atoms with Crippen molar-refractivity contribution >= 4 is 17.5 Å². The Morgan fingerprint density at radius 3 is 2.69 bits per heavy atom. The summed E-state index contributed by atoms with van der Waals surface area (Å²) in [5, 5.41) is 2.76. The number of imidazole rings is 1. The largest absolute Gasteiger partial charge is 0.455 e. The van der Waals surface area contributed by atoms with Crippen LogP contribution < -0.4 is 5.32 Å². The molecule has 1 N–H and O–H groups in total. The lowest BCUT2D eigenvalue weighted by molar-refractivity contribution is -0.128. The van der Waals surface area contributed by atoms with Gasteiger partial charge in [-0.05, 0) is 12.5 Å². The van der Waals surface area contributed by atoms with Crippen molar-refractivity contribution in [2.45, 2.75) is 19.3 Å². The fourth-order valence-corrected chi connectivity index (χ4v) is 3.39. The SMILES string of the molecule is COC1OC(C(=O)NCCCn2ccnc2)=CC2=C1C(=O)c1ccccc1C2=O. The minimum absolute atomic E-state index is 0.0567. The highest BCUT2D eigenvalue weighted by Crippen LogP contribution is 2.34. The standard InChI is InChI=1S/C21H19N3O5/c1-28-21-17-15(18(25)13-5-2-3-6-14(13)19(17)26)11-16(29-21)20(27)23-7-4-9-24-10-8-22-12-24/h2-3,5-6,8,10-12,21H,4,7,9H2,1H3,(H,23,27). The molecule has 29 heavy (non-hydrogen) atoms. The summed E-state index contributed by atoms with van der Waals surface area (Å²) in [6.45, 7) is 1.12. The molecule has 8 heteroatoms. The predicted octanol–water partition coefficient (Wildman–Crippen LogP) is 1.65. The maximum atomic E-state index is 12.9. The van der Waals surface area contributed by atoms with Crippen molar-refractivity contribution in [3.8, 4) is 0 Å². The lowest BCUT2D eigenvalue weighted by atomic mass is 9.82. The smallest absolute Gasteiger partial charge is 0.286 e. The summed E-state index contributed by atoms with van der Waals surface area (Å²) in [5.41, 5.74) is 0.871. The number of methoxy groups -OCH3 is 1. The van der Waals surface area contributed by atoms with Gasteiger partial charge in [0.1, 0.15) is 0 Å². The number of carbonyl (C=O) groups is 3. The second kappa shape index (κ2) is 7.84. The Kier molecular flexibility index (Phi) is 5.09. The number of rotatable bonds is 6. The number of fused-ring (bicyclic) bond motifs is 1. The lowest BCUT2D eigenvalue weighted by Gasteiger charge is -2.29. The van der Waals surface area contributed by atoms with Crippen LogP contribution in [0.1, 0.15) is 27.1 Å². The first kappa shape index (κ1) is 18.8. The van der Waals surface area contributed by atoms with Gasteiger partial charge >= 0.3 is 0 Å². The van der Waals surface area contributed by atoms with Crippen LogP contribution in [-0.4, -0.2) is 47.0 Å². The highest BCUT2D eigenvalue weighted by atomic mass is 16.7. The first-order chi connectivity index (χ1) is 14.1. The zero-order valence-electron chi connectivity index (χ0n) is 15.8. The number of ketones is 2. The van der Waals surface area contributed by atoms with Gasteiger partial charge in [0, 0.05) is 49.3 Å². The van der Waals surface area contributed by atoms with Crippen molar-refractivity contribution in [2.75, 3.05) is 13.7 Å². The van der Waals surface area contributed by atoms with E-state index in [1.165, 1.54) is 13.2 Å². The van der Waals surface area contributed by atoms with Gasteiger partial charge in [-0.1, -0.05) is 24.3 Å². The van der Waals surface area contributed by atoms with E-state index in [0.29, 0.717) is 30.6 Å². The predicted molar refractivity (Wildman–Crippen MR) is 102 cm³/mol. The van der Waals surface area contributed by atoms with Gasteiger partial charge in [-0.3, -0.25) is 14.4 Å². The van der Waals surface area contributed by atoms with Gasteiger partial charge in [0.2, 0.25) is 6.29 Å². The van der Waals surface area contributed by atoms with Crippen LogP contribution in [0.4, 0.5) is 0 Å². The van der Waals surface area contributed by atoms with Gasteiger partial charge in [0.05, 0.1) is 11.9 Å². The Labute approximate surface area is 166 Å². The number of ether oxygens (including phenoxy) is 2. The molecule has 0 spiro atoms. The van der Waals surface area contributed by atoms with Gasteiger partial charge < -0.3 is 19.4 Å². The summed E-state index contributed by atoms with van der Waals surface area (Å²) in [7, 11) is 1.36. The van der Waals surface area contributed by atoms with Gasteiger partial charge in [-0.15, -0.1) is 0 Å². The zero-order chi connectivity index (χ0) is 20.4. The minimum Gasteiger partial charge on any atom is -0.455 e. The number of aryl methyl sites for hydroxylation is 1. The van der Waals surface area contributed by atoms with E-state index in [2.05, 4.69) is 10.3 Å². The third-order valence-corrected chi connectivity index (χ3v) is 4.82. The fourth-order valence-electron chi connectivity index (χ4n) is 3.39. The number of hydrogen-bond donors (Lipinski definition) is 1. The summed E-state index contributed by atoms with van der Waals surface area (Å²) < 4.78 is 12.8. The summed E-state index contributed by atoms with van der Waals surface area (Å²) in [6, 6.07) is 6.58. The van der Waals surface area contributed by atoms with E-state index in [0.717, 1.165) is 0 Å². The van der Waals surface area contributed by atoms with Crippen LogP contribution >= 0.6 is 0 Å². The normalized spacial score (nSPS) is 18.0. The number of nitrogens with one attached hydrogen (secondary N) is 1. The third kappa shape index (κ3) is 3.50. The third-order valence-electron chi connectivity index (χ3n) is 4.82. The Morgan fingerprint density at radius 2 is 2.00 bits per heavy atom. The van der Waals surface area contributed by atoms with E-state index in [-0.39, 0.29) is 28.5 Å². The van der Waals surface area contributed by atoms with Crippen LogP contribution in [-0.2, 0) is 20.8 Å². The average molecular weight is 393 g/mol. The van der Waals surface area contributed by atoms with E-state index in [1.807, 2.05) is 10.8 Å². The van der Waals surface area contributed by atoms with E-state index in [4.69, 9.17) is 9.47 Å². The summed E-state index contributed by atoms with van der Waals surface area (Å²) in [6.07, 6.45) is 6.14. The van der Waals surface area contributed by atoms with Crippen LogP contribution in [0.5, 0.6) is 0 Å². The molecule has 1 aliphatic carbocycles. The van der Waals surface area contributed by atoms with Crippen molar-refractivity contribution in [2.24, 2.45) is 0 Å². The molecule has 1 amide bonds. The van der Waals surface area contributed by atoms with Gasteiger partial charge in [0.15, 0.2) is 17.3 Å². The average Bonchev–Trinajstić information content (AvgIpc) is 3.27. The highest BCUT2D eigenvalue weighted by molar-refractivity contribution is 6.28. The molecule has 1 aromatic heterocycles. The summed E-state index contributed by atoms with van der Waals surface area (Å²) in [5.74, 6) is -1.19. The van der Waals surface area contributed by atoms with Crippen LogP contribution in [0.3, 0.4) is 0 Å². The molecule has 148 valence electrons. The maximum absolute atomic E-state index is 12.9. The number of aromatic nitrogens is 2. The Balaban J connectivity index is 1.52. The van der Waals surface area contributed by atoms with Gasteiger partial charge in [0.25, 0.3) is 5.91 Å². The molecule has 1 unspecified atom stereocenters. The minimum atomic E-state index is -1.12. The van der Waals surface area contributed by atoms with Crippen LogP contribution in [0.25, 0.3) is 0 Å². The Morgan fingerprint density at radius 1 is 1.24 bits per heavy atom. The fraction of sp³-hybridized carbons (Fsp3) is 0.238. The number of Topliss-reactive ketones (excluding diaryl/α,β-unsaturated/α-hetero) is 2. The maximum Gasteiger partial charge on any atom is 0.286 e. The number of carbonyl (C=O) groups excluding carboxylic acids is 3.